The predicted molar refractivity (Wildman–Crippen MR) is 108 cm³/mol. The minimum atomic E-state index is -4.47. The maximum atomic E-state index is 12.4. The highest BCUT2D eigenvalue weighted by Crippen LogP contribution is 2.25. The molecule has 1 rings (SSSR count). The number of carbonyl (C=O) groups excluding carboxylic acids is 3. The molecule has 1 aromatic carbocycles. The molecule has 0 radical (unpaired) electrons. The zero-order valence-corrected chi connectivity index (χ0v) is 18.6. The summed E-state index contributed by atoms with van der Waals surface area (Å²) >= 11 is 5.99. The van der Waals surface area contributed by atoms with Crippen molar-refractivity contribution in [2.24, 2.45) is 0 Å². The van der Waals surface area contributed by atoms with Gasteiger partial charge in [-0.05, 0) is 64.3 Å². The lowest BCUT2D eigenvalue weighted by molar-refractivity contribution is -0.120. The van der Waals surface area contributed by atoms with E-state index in [2.05, 4.69) is 5.32 Å². The Labute approximate surface area is 175 Å². The smallest absolute Gasteiger partial charge is 0.408 e. The quantitative estimate of drug-likeness (QED) is 0.585. The summed E-state index contributed by atoms with van der Waals surface area (Å²) in [6.07, 6.45) is -0.856. The Hall–Kier alpha value is -1.97. The van der Waals surface area contributed by atoms with Crippen LogP contribution in [0.2, 0.25) is 5.02 Å². The molecule has 1 aromatic rings. The highest BCUT2D eigenvalue weighted by Gasteiger charge is 2.23. The number of ketones is 2. The van der Waals surface area contributed by atoms with Gasteiger partial charge in [-0.3, -0.25) is 14.1 Å². The second-order valence-corrected chi connectivity index (χ2v) is 9.56. The largest absolute Gasteiger partial charge is 0.444 e. The molecule has 2 N–H and O–H groups in total. The van der Waals surface area contributed by atoms with Gasteiger partial charge >= 0.3 is 6.09 Å². The maximum absolute atomic E-state index is 12.4. The molecule has 0 aliphatic carbocycles. The Kier molecular flexibility index (Phi) is 8.37. The van der Waals surface area contributed by atoms with Crippen LogP contribution in [0.3, 0.4) is 0 Å². The molecule has 8 nitrogen and oxygen atoms in total. The third-order valence-corrected chi connectivity index (χ3v) is 5.23. The van der Waals surface area contributed by atoms with E-state index in [1.807, 2.05) is 0 Å². The van der Waals surface area contributed by atoms with E-state index in [4.69, 9.17) is 16.3 Å². The molecule has 0 fully saturated rings. The lowest BCUT2D eigenvalue weighted by Crippen LogP contribution is -2.43. The first-order valence-corrected chi connectivity index (χ1v) is 10.7. The minimum absolute atomic E-state index is 0.0345. The van der Waals surface area contributed by atoms with Crippen molar-refractivity contribution >= 4 is 39.4 Å². The van der Waals surface area contributed by atoms with Crippen LogP contribution in [0, 0.1) is 6.92 Å². The lowest BCUT2D eigenvalue weighted by atomic mass is 9.99. The molecule has 0 aliphatic rings. The second-order valence-electron chi connectivity index (χ2n) is 7.73. The molecule has 1 atom stereocenters. The van der Waals surface area contributed by atoms with Crippen LogP contribution in [0.4, 0.5) is 4.79 Å². The Morgan fingerprint density at radius 1 is 1.24 bits per heavy atom. The van der Waals surface area contributed by atoms with E-state index in [-0.39, 0.29) is 35.9 Å². The highest BCUT2D eigenvalue weighted by molar-refractivity contribution is 7.85. The van der Waals surface area contributed by atoms with E-state index < -0.39 is 32.7 Å². The number of nitrogens with one attached hydrogen (secondary N) is 1. The van der Waals surface area contributed by atoms with Crippen molar-refractivity contribution in [3.63, 3.8) is 0 Å². The van der Waals surface area contributed by atoms with Crippen LogP contribution in [0.15, 0.2) is 17.0 Å². The molecule has 10 heteroatoms. The van der Waals surface area contributed by atoms with Gasteiger partial charge in [0.1, 0.15) is 11.4 Å². The summed E-state index contributed by atoms with van der Waals surface area (Å²) in [5.74, 6) is -0.606. The van der Waals surface area contributed by atoms with Gasteiger partial charge in [0.2, 0.25) is 0 Å². The van der Waals surface area contributed by atoms with E-state index in [0.717, 1.165) is 6.07 Å². The van der Waals surface area contributed by atoms with Crippen LogP contribution < -0.4 is 5.32 Å². The zero-order valence-electron chi connectivity index (χ0n) is 17.0. The average molecular weight is 448 g/mol. The molecule has 162 valence electrons. The zero-order chi connectivity index (χ0) is 22.6. The van der Waals surface area contributed by atoms with Crippen molar-refractivity contribution in [2.45, 2.75) is 70.4 Å². The van der Waals surface area contributed by atoms with E-state index in [1.54, 1.807) is 27.7 Å². The normalized spacial score (nSPS) is 12.9. The number of amides is 1. The maximum Gasteiger partial charge on any atom is 0.408 e. The third kappa shape index (κ3) is 8.51. The fourth-order valence-electron chi connectivity index (χ4n) is 2.47. The van der Waals surface area contributed by atoms with Gasteiger partial charge in [0, 0.05) is 17.9 Å². The second kappa shape index (κ2) is 9.69. The van der Waals surface area contributed by atoms with Crippen molar-refractivity contribution in [3.8, 4) is 0 Å². The van der Waals surface area contributed by atoms with Gasteiger partial charge in [0.05, 0.1) is 10.9 Å². The van der Waals surface area contributed by atoms with Crippen LogP contribution >= 0.6 is 11.6 Å². The topological polar surface area (TPSA) is 127 Å². The van der Waals surface area contributed by atoms with E-state index >= 15 is 0 Å². The Balaban J connectivity index is 2.82. The number of benzene rings is 1. The average Bonchev–Trinajstić information content (AvgIpc) is 2.52. The summed E-state index contributed by atoms with van der Waals surface area (Å²) in [4.78, 5) is 35.6. The molecule has 0 bridgehead atoms. The molecule has 0 aromatic heterocycles. The summed E-state index contributed by atoms with van der Waals surface area (Å²) in [7, 11) is -4.47. The minimum Gasteiger partial charge on any atom is -0.444 e. The first-order chi connectivity index (χ1) is 13.1. The summed E-state index contributed by atoms with van der Waals surface area (Å²) < 4.78 is 37.0. The molecule has 0 unspecified atom stereocenters. The number of rotatable bonds is 8. The van der Waals surface area contributed by atoms with Gasteiger partial charge in [-0.1, -0.05) is 11.6 Å². The predicted octanol–water partition coefficient (Wildman–Crippen LogP) is 3.27. The van der Waals surface area contributed by atoms with Gasteiger partial charge < -0.3 is 10.1 Å². The summed E-state index contributed by atoms with van der Waals surface area (Å²) in [6, 6.07) is 1.41. The number of hydrogen-bond acceptors (Lipinski definition) is 6. The SMILES string of the molecule is CC(=O)[C@H](CCC(=O)Cc1cc(S(=O)(=O)O)cc(Cl)c1C)NC(=O)OC(C)(C)C. The standard InChI is InChI=1S/C19H26ClNO7S/c1-11-13(9-15(10-16(11)20)29(25,26)27)8-14(23)6-7-17(12(2)22)21-18(24)28-19(3,4)5/h9-10,17H,6-8H2,1-5H3,(H,21,24)(H,25,26,27)/t17-/m0/s1. The van der Waals surface area contributed by atoms with E-state index in [9.17, 15) is 27.4 Å². The van der Waals surface area contributed by atoms with Crippen LogP contribution in [0.1, 0.15) is 51.7 Å². The first kappa shape index (κ1) is 25.1. The van der Waals surface area contributed by atoms with Crippen molar-refractivity contribution < 1.29 is 32.1 Å². The molecular formula is C19H26ClNO7S. The number of hydrogen-bond donors (Lipinski definition) is 2. The van der Waals surface area contributed by atoms with Gasteiger partial charge in [0.25, 0.3) is 10.1 Å². The fourth-order valence-corrected chi connectivity index (χ4v) is 3.34. The Bertz CT molecular complexity index is 904. The summed E-state index contributed by atoms with van der Waals surface area (Å²) in [5, 5.41) is 2.55. The number of alkyl carbamates (subject to hydrolysis) is 1. The highest BCUT2D eigenvalue weighted by atomic mass is 35.5. The molecule has 0 aliphatic heterocycles. The third-order valence-electron chi connectivity index (χ3n) is 4.00. The summed E-state index contributed by atoms with van der Waals surface area (Å²) in [5.41, 5.74) is 0.146. The molecule has 0 saturated heterocycles. The molecule has 0 spiro atoms. The molecule has 0 heterocycles. The van der Waals surface area contributed by atoms with Crippen LogP contribution in [0.5, 0.6) is 0 Å². The van der Waals surface area contributed by atoms with Crippen molar-refractivity contribution in [1.82, 2.24) is 5.32 Å². The van der Waals surface area contributed by atoms with Crippen LogP contribution in [-0.4, -0.2) is 42.3 Å². The van der Waals surface area contributed by atoms with Gasteiger partial charge in [0.15, 0.2) is 5.78 Å². The van der Waals surface area contributed by atoms with Crippen molar-refractivity contribution in [1.29, 1.82) is 0 Å². The first-order valence-electron chi connectivity index (χ1n) is 8.88. The number of halogens is 1. The van der Waals surface area contributed by atoms with Crippen molar-refractivity contribution in [2.75, 3.05) is 0 Å². The van der Waals surface area contributed by atoms with E-state index in [0.29, 0.717) is 11.1 Å². The lowest BCUT2D eigenvalue weighted by Gasteiger charge is -2.22. The van der Waals surface area contributed by atoms with Gasteiger partial charge in [-0.15, -0.1) is 0 Å². The molecule has 1 amide bonds. The van der Waals surface area contributed by atoms with Gasteiger partial charge in [-0.2, -0.15) is 8.42 Å². The Morgan fingerprint density at radius 3 is 2.31 bits per heavy atom. The monoisotopic (exact) mass is 447 g/mol. The fraction of sp³-hybridized carbons (Fsp3) is 0.526. The van der Waals surface area contributed by atoms with Gasteiger partial charge in [-0.25, -0.2) is 4.79 Å². The summed E-state index contributed by atoms with van der Waals surface area (Å²) in [6.45, 7) is 7.99. The van der Waals surface area contributed by atoms with E-state index in [1.165, 1.54) is 13.0 Å². The molecular weight excluding hydrogens is 422 g/mol. The molecule has 29 heavy (non-hydrogen) atoms. The van der Waals surface area contributed by atoms with Crippen LogP contribution in [-0.2, 0) is 30.9 Å². The number of carbonyl (C=O) groups is 3. The van der Waals surface area contributed by atoms with Crippen LogP contribution in [0.25, 0.3) is 0 Å². The van der Waals surface area contributed by atoms with Crippen molar-refractivity contribution in [3.05, 3.63) is 28.3 Å². The number of ether oxygens (including phenoxy) is 1. The Morgan fingerprint density at radius 2 is 1.83 bits per heavy atom. The number of Topliss-reactive ketones (excluding diaryl/α,β-unsaturated/α-hetero) is 2. The molecule has 0 saturated carbocycles.